The number of carbonyl (C=O) groups is 1. The monoisotopic (exact) mass is 596 g/mol. The van der Waals surface area contributed by atoms with Crippen molar-refractivity contribution in [2.45, 2.75) is 50.4 Å². The highest BCUT2D eigenvalue weighted by molar-refractivity contribution is 7.87. The molecule has 7 nitrogen and oxygen atoms in total. The molecule has 2 heterocycles. The van der Waals surface area contributed by atoms with E-state index in [0.29, 0.717) is 48.4 Å². The van der Waals surface area contributed by atoms with Crippen molar-refractivity contribution in [3.8, 4) is 5.75 Å². The van der Waals surface area contributed by atoms with Gasteiger partial charge in [-0.05, 0) is 62.4 Å². The van der Waals surface area contributed by atoms with Crippen molar-refractivity contribution in [1.82, 2.24) is 4.90 Å². The SMILES string of the molecule is CCN(CC)c1ccc(CN(C[C@H]2CCCO2)C(=O)c2cccs2)c(OS(=O)(=O)c2cccc(C(F)(F)F)c2)c1. The summed E-state index contributed by atoms with van der Waals surface area (Å²) in [7, 11) is -4.64. The van der Waals surface area contributed by atoms with Crippen molar-refractivity contribution >= 4 is 33.0 Å². The number of alkyl halides is 3. The molecular weight excluding hydrogens is 565 g/mol. The van der Waals surface area contributed by atoms with Gasteiger partial charge in [-0.2, -0.15) is 21.6 Å². The number of hydrogen-bond donors (Lipinski definition) is 0. The van der Waals surface area contributed by atoms with Gasteiger partial charge in [0, 0.05) is 50.1 Å². The Morgan fingerprint density at radius 2 is 1.88 bits per heavy atom. The standard InChI is InChI=1S/C28H31F3N2O5S2/c1-3-32(4-2)22-13-12-20(18-33(19-23-9-6-14-37-23)27(34)26-11-7-15-39-26)25(17-22)38-40(35,36)24-10-5-8-21(16-24)28(29,30)31/h5,7-8,10-13,15-17,23H,3-4,6,9,14,18-19H2,1-2H3/t23-/m1/s1. The highest BCUT2D eigenvalue weighted by Gasteiger charge is 2.32. The van der Waals surface area contributed by atoms with E-state index in [1.165, 1.54) is 11.3 Å². The average Bonchev–Trinajstić information content (AvgIpc) is 3.64. The molecule has 0 aliphatic carbocycles. The van der Waals surface area contributed by atoms with Crippen LogP contribution in [-0.4, -0.2) is 51.6 Å². The van der Waals surface area contributed by atoms with Gasteiger partial charge >= 0.3 is 16.3 Å². The quantitative estimate of drug-likeness (QED) is 0.245. The summed E-state index contributed by atoms with van der Waals surface area (Å²) in [6.45, 7) is 6.08. The van der Waals surface area contributed by atoms with Gasteiger partial charge in [0.25, 0.3) is 5.91 Å². The van der Waals surface area contributed by atoms with E-state index in [1.54, 1.807) is 34.5 Å². The second kappa shape index (κ2) is 12.6. The van der Waals surface area contributed by atoms with Gasteiger partial charge in [0.1, 0.15) is 10.6 Å². The molecule has 4 rings (SSSR count). The molecule has 40 heavy (non-hydrogen) atoms. The Labute approximate surface area is 236 Å². The molecule has 1 aliphatic rings. The molecule has 1 fully saturated rings. The maximum Gasteiger partial charge on any atom is 0.416 e. The minimum absolute atomic E-state index is 0.0164. The topological polar surface area (TPSA) is 76.2 Å². The van der Waals surface area contributed by atoms with E-state index in [0.717, 1.165) is 31.0 Å². The van der Waals surface area contributed by atoms with Gasteiger partial charge in [0.05, 0.1) is 16.5 Å². The number of amides is 1. The summed E-state index contributed by atoms with van der Waals surface area (Å²) in [4.78, 5) is 16.9. The Kier molecular flexibility index (Phi) is 9.42. The molecule has 1 atom stereocenters. The van der Waals surface area contributed by atoms with Crippen molar-refractivity contribution < 1.29 is 35.3 Å². The predicted molar refractivity (Wildman–Crippen MR) is 147 cm³/mol. The molecule has 1 aliphatic heterocycles. The number of rotatable bonds is 11. The minimum Gasteiger partial charge on any atom is -0.379 e. The second-order valence-electron chi connectivity index (χ2n) is 9.33. The van der Waals surface area contributed by atoms with E-state index in [-0.39, 0.29) is 24.3 Å². The zero-order chi connectivity index (χ0) is 28.9. The molecule has 0 bridgehead atoms. The molecule has 12 heteroatoms. The molecule has 0 radical (unpaired) electrons. The first-order chi connectivity index (χ1) is 19.0. The second-order valence-corrected chi connectivity index (χ2v) is 11.8. The summed E-state index contributed by atoms with van der Waals surface area (Å²) in [6, 6.07) is 12.0. The van der Waals surface area contributed by atoms with E-state index in [4.69, 9.17) is 8.92 Å². The fourth-order valence-electron chi connectivity index (χ4n) is 4.55. The zero-order valence-electron chi connectivity index (χ0n) is 22.2. The molecule has 0 unspecified atom stereocenters. The van der Waals surface area contributed by atoms with Crippen LogP contribution in [0, 0.1) is 0 Å². The molecule has 216 valence electrons. The van der Waals surface area contributed by atoms with Crippen LogP contribution >= 0.6 is 11.3 Å². The zero-order valence-corrected chi connectivity index (χ0v) is 23.8. The lowest BCUT2D eigenvalue weighted by atomic mass is 10.1. The largest absolute Gasteiger partial charge is 0.416 e. The number of benzene rings is 2. The van der Waals surface area contributed by atoms with Gasteiger partial charge in [-0.1, -0.05) is 18.2 Å². The van der Waals surface area contributed by atoms with E-state index < -0.39 is 26.8 Å². The Balaban J connectivity index is 1.72. The number of hydrogen-bond acceptors (Lipinski definition) is 7. The summed E-state index contributed by atoms with van der Waals surface area (Å²) in [5.41, 5.74) is -0.0221. The van der Waals surface area contributed by atoms with Gasteiger partial charge in [0.15, 0.2) is 0 Å². The molecule has 0 saturated carbocycles. The molecular formula is C28H31F3N2O5S2. The molecule has 0 spiro atoms. The fraction of sp³-hybridized carbons (Fsp3) is 0.393. The van der Waals surface area contributed by atoms with E-state index >= 15 is 0 Å². The summed E-state index contributed by atoms with van der Waals surface area (Å²) in [5.74, 6) is -0.289. The van der Waals surface area contributed by atoms with Gasteiger partial charge in [-0.15, -0.1) is 11.3 Å². The van der Waals surface area contributed by atoms with Crippen LogP contribution in [0.25, 0.3) is 0 Å². The number of nitrogens with zero attached hydrogens (tertiary/aromatic N) is 2. The van der Waals surface area contributed by atoms with E-state index in [2.05, 4.69) is 0 Å². The number of carbonyl (C=O) groups excluding carboxylic acids is 1. The molecule has 2 aromatic carbocycles. The van der Waals surface area contributed by atoms with Crippen LogP contribution in [0.3, 0.4) is 0 Å². The molecule has 0 N–H and O–H groups in total. The number of anilines is 1. The van der Waals surface area contributed by atoms with Gasteiger partial charge < -0.3 is 18.7 Å². The molecule has 1 aromatic heterocycles. The normalized spacial score (nSPS) is 15.7. The Morgan fingerprint density at radius 1 is 1.10 bits per heavy atom. The van der Waals surface area contributed by atoms with Crippen molar-refractivity contribution in [1.29, 1.82) is 0 Å². The summed E-state index contributed by atoms with van der Waals surface area (Å²) < 4.78 is 77.6. The predicted octanol–water partition coefficient (Wildman–Crippen LogP) is 6.20. The maximum atomic E-state index is 13.4. The Morgan fingerprint density at radius 3 is 2.50 bits per heavy atom. The maximum absolute atomic E-state index is 13.4. The first-order valence-corrected chi connectivity index (χ1v) is 15.2. The number of halogens is 3. The third kappa shape index (κ3) is 7.15. The third-order valence-electron chi connectivity index (χ3n) is 6.66. The van der Waals surface area contributed by atoms with Crippen LogP contribution in [0.4, 0.5) is 18.9 Å². The molecule has 1 saturated heterocycles. The van der Waals surface area contributed by atoms with Crippen molar-refractivity contribution in [2.75, 3.05) is 31.1 Å². The highest BCUT2D eigenvalue weighted by atomic mass is 32.2. The average molecular weight is 597 g/mol. The van der Waals surface area contributed by atoms with Crippen LogP contribution in [0.1, 0.15) is 47.5 Å². The molecule has 1 amide bonds. The number of ether oxygens (including phenoxy) is 1. The minimum atomic E-state index is -4.72. The Bertz CT molecular complexity index is 1400. The lowest BCUT2D eigenvalue weighted by Crippen LogP contribution is -2.36. The van der Waals surface area contributed by atoms with Crippen LogP contribution < -0.4 is 9.08 Å². The van der Waals surface area contributed by atoms with Crippen LogP contribution in [0.2, 0.25) is 0 Å². The number of thiophene rings is 1. The van der Waals surface area contributed by atoms with Crippen LogP contribution in [0.15, 0.2) is 64.9 Å². The summed E-state index contributed by atoms with van der Waals surface area (Å²) in [5, 5.41) is 1.80. The lowest BCUT2D eigenvalue weighted by molar-refractivity contribution is -0.137. The first kappa shape index (κ1) is 29.9. The van der Waals surface area contributed by atoms with Crippen LogP contribution in [-0.2, 0) is 27.6 Å². The summed E-state index contributed by atoms with van der Waals surface area (Å²) in [6.07, 6.45) is -3.20. The van der Waals surface area contributed by atoms with E-state index in [9.17, 15) is 26.4 Å². The van der Waals surface area contributed by atoms with Crippen molar-refractivity contribution in [2.24, 2.45) is 0 Å². The van der Waals surface area contributed by atoms with Gasteiger partial charge in [0.2, 0.25) is 0 Å². The van der Waals surface area contributed by atoms with Crippen LogP contribution in [0.5, 0.6) is 5.75 Å². The van der Waals surface area contributed by atoms with Gasteiger partial charge in [-0.3, -0.25) is 4.79 Å². The third-order valence-corrected chi connectivity index (χ3v) is 8.75. The molecule has 3 aromatic rings. The lowest BCUT2D eigenvalue weighted by Gasteiger charge is -2.27. The van der Waals surface area contributed by atoms with Crippen molar-refractivity contribution in [3.63, 3.8) is 0 Å². The first-order valence-electron chi connectivity index (χ1n) is 13.0. The highest BCUT2D eigenvalue weighted by Crippen LogP contribution is 2.33. The Hall–Kier alpha value is -3.09. The fourth-order valence-corrected chi connectivity index (χ4v) is 6.24. The van der Waals surface area contributed by atoms with E-state index in [1.807, 2.05) is 24.8 Å². The smallest absolute Gasteiger partial charge is 0.379 e. The van der Waals surface area contributed by atoms with Crippen molar-refractivity contribution in [3.05, 3.63) is 76.0 Å². The summed E-state index contributed by atoms with van der Waals surface area (Å²) >= 11 is 1.30. The van der Waals surface area contributed by atoms with Gasteiger partial charge in [-0.25, -0.2) is 0 Å².